The molecule has 5 nitrogen and oxygen atoms in total. The molecule has 0 bridgehead atoms. The topological polar surface area (TPSA) is 66.9 Å². The number of nitrogens with one attached hydrogen (secondary N) is 2. The van der Waals surface area contributed by atoms with Crippen LogP contribution in [0.1, 0.15) is 19.8 Å². The van der Waals surface area contributed by atoms with Crippen LogP contribution in [0, 0.1) is 5.92 Å². The van der Waals surface area contributed by atoms with Gasteiger partial charge in [0.2, 0.25) is 11.0 Å². The third-order valence-electron chi connectivity index (χ3n) is 2.71. The summed E-state index contributed by atoms with van der Waals surface area (Å²) in [4.78, 5) is 11.9. The minimum absolute atomic E-state index is 0.0589. The van der Waals surface area contributed by atoms with E-state index in [9.17, 15) is 4.79 Å². The summed E-state index contributed by atoms with van der Waals surface area (Å²) >= 11 is 1.34. The van der Waals surface area contributed by atoms with Gasteiger partial charge in [-0.1, -0.05) is 18.3 Å². The fourth-order valence-electron chi connectivity index (χ4n) is 1.94. The highest BCUT2D eigenvalue weighted by Crippen LogP contribution is 2.20. The number of amides is 1. The summed E-state index contributed by atoms with van der Waals surface area (Å²) in [5.41, 5.74) is 1.61. The third kappa shape index (κ3) is 2.32. The Morgan fingerprint density at radius 3 is 3.33 bits per heavy atom. The van der Waals surface area contributed by atoms with Crippen molar-refractivity contribution in [2.45, 2.75) is 25.8 Å². The van der Waals surface area contributed by atoms with Crippen LogP contribution in [-0.2, 0) is 4.79 Å². The fraction of sp³-hybridized carbons (Fsp3) is 0.667. The van der Waals surface area contributed by atoms with Crippen molar-refractivity contribution in [1.29, 1.82) is 0 Å². The first kappa shape index (κ1) is 10.5. The van der Waals surface area contributed by atoms with Crippen LogP contribution in [0.3, 0.4) is 0 Å². The van der Waals surface area contributed by atoms with Crippen LogP contribution in [0.2, 0.25) is 0 Å². The molecule has 1 aromatic heterocycles. The van der Waals surface area contributed by atoms with E-state index in [0.29, 0.717) is 11.2 Å². The number of carbonyl (C=O) groups excluding carboxylic acids is 1. The van der Waals surface area contributed by atoms with Crippen LogP contribution in [0.5, 0.6) is 0 Å². The van der Waals surface area contributed by atoms with Gasteiger partial charge in [0.15, 0.2) is 0 Å². The molecular weight excluding hydrogens is 212 g/mol. The van der Waals surface area contributed by atoms with Crippen molar-refractivity contribution in [3.63, 3.8) is 0 Å². The molecule has 15 heavy (non-hydrogen) atoms. The van der Waals surface area contributed by atoms with Crippen LogP contribution >= 0.6 is 11.3 Å². The SMILES string of the molecule is CCC1NCCC1C(=O)Nc1nncs1. The van der Waals surface area contributed by atoms with Crippen molar-refractivity contribution in [2.24, 2.45) is 5.92 Å². The van der Waals surface area contributed by atoms with Crippen molar-refractivity contribution in [2.75, 3.05) is 11.9 Å². The molecule has 82 valence electrons. The molecule has 2 N–H and O–H groups in total. The normalized spacial score (nSPS) is 25.4. The summed E-state index contributed by atoms with van der Waals surface area (Å²) in [7, 11) is 0. The summed E-state index contributed by atoms with van der Waals surface area (Å²) in [5, 5.41) is 14.2. The van der Waals surface area contributed by atoms with Gasteiger partial charge in [0.25, 0.3) is 0 Å². The minimum Gasteiger partial charge on any atom is -0.313 e. The number of hydrogen-bond acceptors (Lipinski definition) is 5. The van der Waals surface area contributed by atoms with Gasteiger partial charge in [0, 0.05) is 6.04 Å². The lowest BCUT2D eigenvalue weighted by Gasteiger charge is -2.16. The first-order valence-corrected chi connectivity index (χ1v) is 5.99. The van der Waals surface area contributed by atoms with E-state index in [0.717, 1.165) is 19.4 Å². The molecule has 0 saturated carbocycles. The maximum Gasteiger partial charge on any atom is 0.230 e. The average Bonchev–Trinajstić information content (AvgIpc) is 2.86. The third-order valence-corrected chi connectivity index (χ3v) is 3.32. The Bertz CT molecular complexity index is 327. The van der Waals surface area contributed by atoms with Crippen LogP contribution < -0.4 is 10.6 Å². The van der Waals surface area contributed by atoms with Gasteiger partial charge < -0.3 is 10.6 Å². The van der Waals surface area contributed by atoms with Gasteiger partial charge in [-0.05, 0) is 19.4 Å². The van der Waals surface area contributed by atoms with E-state index < -0.39 is 0 Å². The molecule has 2 rings (SSSR count). The second-order valence-corrected chi connectivity index (χ2v) is 4.43. The van der Waals surface area contributed by atoms with Crippen LogP contribution in [-0.4, -0.2) is 28.7 Å². The summed E-state index contributed by atoms with van der Waals surface area (Å²) < 4.78 is 0. The summed E-state index contributed by atoms with van der Waals surface area (Å²) in [6.07, 6.45) is 1.89. The molecule has 2 unspecified atom stereocenters. The van der Waals surface area contributed by atoms with Crippen molar-refractivity contribution >= 4 is 22.4 Å². The van der Waals surface area contributed by atoms with Gasteiger partial charge >= 0.3 is 0 Å². The first-order valence-electron chi connectivity index (χ1n) is 5.11. The fourth-order valence-corrected chi connectivity index (χ4v) is 2.38. The molecule has 2 atom stereocenters. The van der Waals surface area contributed by atoms with Gasteiger partial charge in [0.1, 0.15) is 5.51 Å². The number of carbonyl (C=O) groups is 1. The lowest BCUT2D eigenvalue weighted by Crippen LogP contribution is -2.33. The van der Waals surface area contributed by atoms with Gasteiger partial charge in [-0.25, -0.2) is 0 Å². The number of hydrogen-bond donors (Lipinski definition) is 2. The van der Waals surface area contributed by atoms with E-state index in [-0.39, 0.29) is 11.8 Å². The van der Waals surface area contributed by atoms with Crippen molar-refractivity contribution < 1.29 is 4.79 Å². The van der Waals surface area contributed by atoms with E-state index in [1.165, 1.54) is 11.3 Å². The molecular formula is C9H14N4OS. The molecule has 1 fully saturated rings. The quantitative estimate of drug-likeness (QED) is 0.802. The Morgan fingerprint density at radius 2 is 2.67 bits per heavy atom. The molecule has 6 heteroatoms. The molecule has 0 spiro atoms. The highest BCUT2D eigenvalue weighted by atomic mass is 32.1. The Morgan fingerprint density at radius 1 is 1.80 bits per heavy atom. The van der Waals surface area contributed by atoms with Crippen molar-refractivity contribution in [1.82, 2.24) is 15.5 Å². The molecule has 0 aromatic carbocycles. The standard InChI is InChI=1S/C9H14N4OS/c1-2-7-6(3-4-10-7)8(14)12-9-13-11-5-15-9/h5-7,10H,2-4H2,1H3,(H,12,13,14). The molecule has 1 amide bonds. The number of anilines is 1. The summed E-state index contributed by atoms with van der Waals surface area (Å²) in [6, 6.07) is 0.304. The maximum atomic E-state index is 11.9. The summed E-state index contributed by atoms with van der Waals surface area (Å²) in [5.74, 6) is 0.127. The highest BCUT2D eigenvalue weighted by molar-refractivity contribution is 7.13. The molecule has 1 aromatic rings. The molecule has 1 aliphatic heterocycles. The van der Waals surface area contributed by atoms with Gasteiger partial charge in [-0.3, -0.25) is 4.79 Å². The zero-order chi connectivity index (χ0) is 10.7. The summed E-state index contributed by atoms with van der Waals surface area (Å²) in [6.45, 7) is 3.01. The molecule has 1 saturated heterocycles. The predicted octanol–water partition coefficient (Wildman–Crippen LogP) is 0.865. The predicted molar refractivity (Wildman–Crippen MR) is 58.7 cm³/mol. The van der Waals surface area contributed by atoms with Crippen LogP contribution in [0.4, 0.5) is 5.13 Å². The smallest absolute Gasteiger partial charge is 0.230 e. The largest absolute Gasteiger partial charge is 0.313 e. The highest BCUT2D eigenvalue weighted by Gasteiger charge is 2.31. The first-order chi connectivity index (χ1) is 7.31. The van der Waals surface area contributed by atoms with E-state index in [1.54, 1.807) is 5.51 Å². The molecule has 2 heterocycles. The molecule has 1 aliphatic rings. The lowest BCUT2D eigenvalue weighted by atomic mass is 9.98. The monoisotopic (exact) mass is 226 g/mol. The second kappa shape index (κ2) is 4.67. The van der Waals surface area contributed by atoms with E-state index in [2.05, 4.69) is 27.8 Å². The van der Waals surface area contributed by atoms with Crippen molar-refractivity contribution in [3.05, 3.63) is 5.51 Å². The van der Waals surface area contributed by atoms with Crippen LogP contribution in [0.15, 0.2) is 5.51 Å². The van der Waals surface area contributed by atoms with E-state index >= 15 is 0 Å². The zero-order valence-electron chi connectivity index (χ0n) is 8.56. The Kier molecular flexibility index (Phi) is 3.27. The van der Waals surface area contributed by atoms with Gasteiger partial charge in [-0.15, -0.1) is 10.2 Å². The molecule has 0 aliphatic carbocycles. The maximum absolute atomic E-state index is 11.9. The lowest BCUT2D eigenvalue weighted by molar-refractivity contribution is -0.120. The Balaban J connectivity index is 1.96. The number of aromatic nitrogens is 2. The van der Waals surface area contributed by atoms with Gasteiger partial charge in [0.05, 0.1) is 5.92 Å². The van der Waals surface area contributed by atoms with E-state index in [4.69, 9.17) is 0 Å². The minimum atomic E-state index is 0.0589. The van der Waals surface area contributed by atoms with Gasteiger partial charge in [-0.2, -0.15) is 0 Å². The Labute approximate surface area is 92.3 Å². The van der Waals surface area contributed by atoms with Crippen LogP contribution in [0.25, 0.3) is 0 Å². The zero-order valence-corrected chi connectivity index (χ0v) is 9.38. The van der Waals surface area contributed by atoms with Crippen molar-refractivity contribution in [3.8, 4) is 0 Å². The number of nitrogens with zero attached hydrogens (tertiary/aromatic N) is 2. The van der Waals surface area contributed by atoms with E-state index in [1.807, 2.05) is 0 Å². The molecule has 0 radical (unpaired) electrons. The average molecular weight is 226 g/mol. The number of rotatable bonds is 3. The Hall–Kier alpha value is -1.01. The second-order valence-electron chi connectivity index (χ2n) is 3.60.